The molecule has 1 aromatic carbocycles. The van der Waals surface area contributed by atoms with Gasteiger partial charge in [0.05, 0.1) is 0 Å². The summed E-state index contributed by atoms with van der Waals surface area (Å²) in [6.07, 6.45) is -6.17. The number of benzene rings is 1. The molecule has 0 radical (unpaired) electrons. The SMILES string of the molecule is CC(=O)Nc1ccccc1CN1CCC(C(O)C(F)(F)F)CC1. The van der Waals surface area contributed by atoms with Crippen LogP contribution in [0.3, 0.4) is 0 Å². The van der Waals surface area contributed by atoms with Gasteiger partial charge >= 0.3 is 6.18 Å². The fourth-order valence-electron chi connectivity index (χ4n) is 2.90. The number of likely N-dealkylation sites (tertiary alicyclic amines) is 1. The summed E-state index contributed by atoms with van der Waals surface area (Å²) < 4.78 is 37.6. The number of carbonyl (C=O) groups excluding carboxylic acids is 1. The molecule has 1 amide bonds. The van der Waals surface area contributed by atoms with Gasteiger partial charge in [0.1, 0.15) is 0 Å². The van der Waals surface area contributed by atoms with Gasteiger partial charge in [0.2, 0.25) is 5.91 Å². The number of alkyl halides is 3. The first kappa shape index (κ1) is 17.7. The Labute approximate surface area is 133 Å². The van der Waals surface area contributed by atoms with Crippen molar-refractivity contribution in [1.29, 1.82) is 0 Å². The number of carbonyl (C=O) groups is 1. The van der Waals surface area contributed by atoms with Crippen LogP contribution in [-0.4, -0.2) is 41.3 Å². The van der Waals surface area contributed by atoms with Crippen LogP contribution in [0.15, 0.2) is 24.3 Å². The summed E-state index contributed by atoms with van der Waals surface area (Å²) in [4.78, 5) is 13.3. The molecule has 1 aliphatic rings. The van der Waals surface area contributed by atoms with E-state index in [2.05, 4.69) is 5.32 Å². The fraction of sp³-hybridized carbons (Fsp3) is 0.562. The van der Waals surface area contributed by atoms with Gasteiger partial charge in [-0.05, 0) is 43.5 Å². The lowest BCUT2D eigenvalue weighted by atomic mass is 9.90. The van der Waals surface area contributed by atoms with E-state index in [0.717, 1.165) is 11.3 Å². The summed E-state index contributed by atoms with van der Waals surface area (Å²) in [5.41, 5.74) is 1.65. The maximum Gasteiger partial charge on any atom is 0.414 e. The highest BCUT2D eigenvalue weighted by molar-refractivity contribution is 5.89. The summed E-state index contributed by atoms with van der Waals surface area (Å²) in [5, 5.41) is 12.1. The van der Waals surface area contributed by atoms with E-state index >= 15 is 0 Å². The third-order valence-corrected chi connectivity index (χ3v) is 4.14. The smallest absolute Gasteiger partial charge is 0.383 e. The topological polar surface area (TPSA) is 52.6 Å². The van der Waals surface area contributed by atoms with Gasteiger partial charge in [0.25, 0.3) is 0 Å². The standard InChI is InChI=1S/C16H21F3N2O2/c1-11(22)20-14-5-3-2-4-13(14)10-21-8-6-12(7-9-21)15(23)16(17,18)19/h2-5,12,15,23H,6-10H2,1H3,(H,20,22). The lowest BCUT2D eigenvalue weighted by Crippen LogP contribution is -2.43. The van der Waals surface area contributed by atoms with Crippen LogP contribution in [0.4, 0.5) is 18.9 Å². The van der Waals surface area contributed by atoms with Crippen LogP contribution < -0.4 is 5.32 Å². The molecule has 4 nitrogen and oxygen atoms in total. The molecule has 23 heavy (non-hydrogen) atoms. The molecule has 1 heterocycles. The zero-order valence-electron chi connectivity index (χ0n) is 12.9. The van der Waals surface area contributed by atoms with Gasteiger partial charge in [0.15, 0.2) is 6.10 Å². The van der Waals surface area contributed by atoms with Crippen molar-refractivity contribution in [3.8, 4) is 0 Å². The van der Waals surface area contributed by atoms with Crippen molar-refractivity contribution >= 4 is 11.6 Å². The quantitative estimate of drug-likeness (QED) is 0.893. The predicted molar refractivity (Wildman–Crippen MR) is 80.8 cm³/mol. The summed E-state index contributed by atoms with van der Waals surface area (Å²) in [5.74, 6) is -0.902. The van der Waals surface area contributed by atoms with Crippen LogP contribution in [0, 0.1) is 5.92 Å². The summed E-state index contributed by atoms with van der Waals surface area (Å²) in [7, 11) is 0. The number of aliphatic hydroxyl groups excluding tert-OH is 1. The summed E-state index contributed by atoms with van der Waals surface area (Å²) in [6, 6.07) is 7.38. The van der Waals surface area contributed by atoms with E-state index in [9.17, 15) is 23.1 Å². The van der Waals surface area contributed by atoms with Crippen molar-refractivity contribution in [3.63, 3.8) is 0 Å². The van der Waals surface area contributed by atoms with Crippen molar-refractivity contribution in [3.05, 3.63) is 29.8 Å². The molecule has 2 N–H and O–H groups in total. The number of nitrogens with one attached hydrogen (secondary N) is 1. The van der Waals surface area contributed by atoms with Crippen LogP contribution in [0.25, 0.3) is 0 Å². The molecule has 1 saturated heterocycles. The molecule has 0 spiro atoms. The molecule has 128 valence electrons. The Morgan fingerprint density at radius 3 is 2.52 bits per heavy atom. The Morgan fingerprint density at radius 2 is 1.96 bits per heavy atom. The van der Waals surface area contributed by atoms with Crippen LogP contribution >= 0.6 is 0 Å². The second-order valence-electron chi connectivity index (χ2n) is 5.94. The predicted octanol–water partition coefficient (Wildman–Crippen LogP) is 2.78. The highest BCUT2D eigenvalue weighted by Gasteiger charge is 2.44. The molecule has 1 aromatic rings. The number of rotatable bonds is 4. The Bertz CT molecular complexity index is 540. The second kappa shape index (κ2) is 7.31. The lowest BCUT2D eigenvalue weighted by Gasteiger charge is -2.35. The molecule has 0 bridgehead atoms. The van der Waals surface area contributed by atoms with Gasteiger partial charge in [-0.3, -0.25) is 9.69 Å². The van der Waals surface area contributed by atoms with E-state index < -0.39 is 18.2 Å². The van der Waals surface area contributed by atoms with Crippen molar-refractivity contribution in [1.82, 2.24) is 4.90 Å². The maximum atomic E-state index is 12.5. The molecule has 7 heteroatoms. The van der Waals surface area contributed by atoms with E-state index in [1.165, 1.54) is 6.92 Å². The van der Waals surface area contributed by atoms with Gasteiger partial charge in [-0.15, -0.1) is 0 Å². The van der Waals surface area contributed by atoms with E-state index in [4.69, 9.17) is 0 Å². The van der Waals surface area contributed by atoms with Crippen molar-refractivity contribution < 1.29 is 23.1 Å². The Hall–Kier alpha value is -1.60. The Morgan fingerprint density at radius 1 is 1.35 bits per heavy atom. The van der Waals surface area contributed by atoms with Gasteiger partial charge in [-0.1, -0.05) is 18.2 Å². The number of hydrogen-bond acceptors (Lipinski definition) is 3. The zero-order chi connectivity index (χ0) is 17.0. The normalized spacial score (nSPS) is 18.7. The van der Waals surface area contributed by atoms with Gasteiger partial charge < -0.3 is 10.4 Å². The Balaban J connectivity index is 1.93. The Kier molecular flexibility index (Phi) is 5.64. The minimum atomic E-state index is -4.55. The number of anilines is 1. The largest absolute Gasteiger partial charge is 0.414 e. The summed E-state index contributed by atoms with van der Waals surface area (Å²) in [6.45, 7) is 2.98. The second-order valence-corrected chi connectivity index (χ2v) is 5.94. The number of piperidine rings is 1. The molecule has 1 fully saturated rings. The number of halogens is 3. The first-order valence-corrected chi connectivity index (χ1v) is 7.60. The highest BCUT2D eigenvalue weighted by Crippen LogP contribution is 2.32. The molecule has 0 aliphatic carbocycles. The number of hydrogen-bond donors (Lipinski definition) is 2. The first-order chi connectivity index (χ1) is 10.8. The van der Waals surface area contributed by atoms with E-state index in [1.54, 1.807) is 6.07 Å². The average Bonchev–Trinajstić information content (AvgIpc) is 2.48. The van der Waals surface area contributed by atoms with Gasteiger partial charge in [-0.25, -0.2) is 0 Å². The number of nitrogens with zero attached hydrogens (tertiary/aromatic N) is 1. The van der Waals surface area contributed by atoms with Crippen LogP contribution in [0.5, 0.6) is 0 Å². The molecule has 1 unspecified atom stereocenters. The maximum absolute atomic E-state index is 12.5. The summed E-state index contributed by atoms with van der Waals surface area (Å²) >= 11 is 0. The highest BCUT2D eigenvalue weighted by atomic mass is 19.4. The number of para-hydroxylation sites is 1. The third-order valence-electron chi connectivity index (χ3n) is 4.14. The van der Waals surface area contributed by atoms with E-state index in [-0.39, 0.29) is 5.91 Å². The average molecular weight is 330 g/mol. The minimum absolute atomic E-state index is 0.163. The number of aliphatic hydroxyl groups is 1. The van der Waals surface area contributed by atoms with Crippen LogP contribution in [0.2, 0.25) is 0 Å². The van der Waals surface area contributed by atoms with Crippen molar-refractivity contribution in [2.45, 2.75) is 38.6 Å². The molecule has 1 atom stereocenters. The molecular weight excluding hydrogens is 309 g/mol. The monoisotopic (exact) mass is 330 g/mol. The van der Waals surface area contributed by atoms with Gasteiger partial charge in [-0.2, -0.15) is 13.2 Å². The van der Waals surface area contributed by atoms with E-state index in [1.807, 2.05) is 23.1 Å². The van der Waals surface area contributed by atoms with Crippen LogP contribution in [-0.2, 0) is 11.3 Å². The van der Waals surface area contributed by atoms with Gasteiger partial charge in [0, 0.05) is 19.2 Å². The van der Waals surface area contributed by atoms with Crippen molar-refractivity contribution in [2.24, 2.45) is 5.92 Å². The lowest BCUT2D eigenvalue weighted by molar-refractivity contribution is -0.223. The fourth-order valence-corrected chi connectivity index (χ4v) is 2.90. The molecule has 0 aromatic heterocycles. The van der Waals surface area contributed by atoms with Crippen molar-refractivity contribution in [2.75, 3.05) is 18.4 Å². The molecule has 0 saturated carbocycles. The first-order valence-electron chi connectivity index (χ1n) is 7.60. The molecular formula is C16H21F3N2O2. The molecule has 2 rings (SSSR count). The third kappa shape index (κ3) is 4.94. The van der Waals surface area contributed by atoms with Crippen LogP contribution in [0.1, 0.15) is 25.3 Å². The number of amides is 1. The van der Waals surface area contributed by atoms with E-state index in [0.29, 0.717) is 32.5 Å². The molecule has 1 aliphatic heterocycles. The zero-order valence-corrected chi connectivity index (χ0v) is 12.9. The minimum Gasteiger partial charge on any atom is -0.383 e.